The van der Waals surface area contributed by atoms with Crippen molar-refractivity contribution in [2.75, 3.05) is 19.8 Å². The lowest BCUT2D eigenvalue weighted by Gasteiger charge is -2.13. The van der Waals surface area contributed by atoms with Gasteiger partial charge in [-0.3, -0.25) is 0 Å². The first-order chi connectivity index (χ1) is 8.33. The Morgan fingerprint density at radius 1 is 1.29 bits per heavy atom. The van der Waals surface area contributed by atoms with Gasteiger partial charge in [0.1, 0.15) is 0 Å². The highest BCUT2D eigenvalue weighted by molar-refractivity contribution is 5.13. The maximum atomic E-state index is 8.70. The zero-order chi connectivity index (χ0) is 12.3. The Morgan fingerprint density at radius 3 is 2.76 bits per heavy atom. The second-order valence-electron chi connectivity index (χ2n) is 4.26. The molecule has 0 bridgehead atoms. The molecule has 0 saturated heterocycles. The van der Waals surface area contributed by atoms with E-state index < -0.39 is 0 Å². The number of benzene rings is 1. The fourth-order valence-corrected chi connectivity index (χ4v) is 1.64. The molecule has 96 valence electrons. The minimum Gasteiger partial charge on any atom is -0.396 e. The molecule has 1 aromatic rings. The normalized spacial score (nSPS) is 12.6. The van der Waals surface area contributed by atoms with E-state index in [-0.39, 0.29) is 6.61 Å². The Morgan fingerprint density at radius 2 is 2.06 bits per heavy atom. The van der Waals surface area contributed by atoms with Crippen LogP contribution in [0, 0.1) is 0 Å². The lowest BCUT2D eigenvalue weighted by atomic mass is 10.2. The van der Waals surface area contributed by atoms with Crippen LogP contribution < -0.4 is 5.32 Å². The van der Waals surface area contributed by atoms with Gasteiger partial charge in [0, 0.05) is 19.2 Å². The Bertz CT molecular complexity index is 277. The van der Waals surface area contributed by atoms with Crippen molar-refractivity contribution >= 4 is 0 Å². The van der Waals surface area contributed by atoms with Gasteiger partial charge >= 0.3 is 0 Å². The molecule has 0 aliphatic carbocycles. The summed E-state index contributed by atoms with van der Waals surface area (Å²) in [5.41, 5.74) is 1.21. The molecule has 0 spiro atoms. The molecule has 0 aliphatic rings. The Hall–Kier alpha value is -0.900. The minimum absolute atomic E-state index is 0.274. The predicted molar refractivity (Wildman–Crippen MR) is 69.9 cm³/mol. The summed E-state index contributed by atoms with van der Waals surface area (Å²) in [6.45, 7) is 4.66. The summed E-state index contributed by atoms with van der Waals surface area (Å²) in [5, 5.41) is 12.1. The topological polar surface area (TPSA) is 41.5 Å². The van der Waals surface area contributed by atoms with Crippen LogP contribution in [0.1, 0.15) is 25.3 Å². The molecule has 0 radical (unpaired) electrons. The molecule has 17 heavy (non-hydrogen) atoms. The monoisotopic (exact) mass is 237 g/mol. The smallest absolute Gasteiger partial charge is 0.0717 e. The summed E-state index contributed by atoms with van der Waals surface area (Å²) < 4.78 is 5.56. The molecule has 0 saturated carbocycles. The van der Waals surface area contributed by atoms with Crippen LogP contribution in [-0.4, -0.2) is 30.9 Å². The van der Waals surface area contributed by atoms with Gasteiger partial charge in [-0.15, -0.1) is 0 Å². The average Bonchev–Trinajstić information content (AvgIpc) is 2.37. The first kappa shape index (κ1) is 14.2. The van der Waals surface area contributed by atoms with Gasteiger partial charge in [0.05, 0.1) is 13.2 Å². The van der Waals surface area contributed by atoms with Crippen molar-refractivity contribution in [2.45, 2.75) is 32.4 Å². The van der Waals surface area contributed by atoms with E-state index in [4.69, 9.17) is 9.84 Å². The van der Waals surface area contributed by atoms with E-state index in [0.29, 0.717) is 12.6 Å². The van der Waals surface area contributed by atoms with Crippen LogP contribution >= 0.6 is 0 Å². The lowest BCUT2D eigenvalue weighted by molar-refractivity contribution is 0.120. The zero-order valence-electron chi connectivity index (χ0n) is 10.6. The number of ether oxygens (including phenoxy) is 1. The molecule has 1 aromatic carbocycles. The first-order valence-electron chi connectivity index (χ1n) is 6.29. The standard InChI is InChI=1S/C14H23NO2/c1-13(6-5-10-16)15-9-11-17-12-14-7-3-2-4-8-14/h2-4,7-8,13,15-16H,5-6,9-12H2,1H3. The van der Waals surface area contributed by atoms with Gasteiger partial charge in [0.2, 0.25) is 0 Å². The van der Waals surface area contributed by atoms with Crippen LogP contribution in [-0.2, 0) is 11.3 Å². The largest absolute Gasteiger partial charge is 0.396 e. The highest BCUT2D eigenvalue weighted by atomic mass is 16.5. The molecular formula is C14H23NO2. The second kappa shape index (κ2) is 9.16. The van der Waals surface area contributed by atoms with E-state index in [9.17, 15) is 0 Å². The molecule has 0 aliphatic heterocycles. The molecule has 3 heteroatoms. The van der Waals surface area contributed by atoms with Crippen molar-refractivity contribution in [3.8, 4) is 0 Å². The lowest BCUT2D eigenvalue weighted by Crippen LogP contribution is -2.29. The van der Waals surface area contributed by atoms with E-state index in [2.05, 4.69) is 24.4 Å². The van der Waals surface area contributed by atoms with Gasteiger partial charge in [0.25, 0.3) is 0 Å². The maximum Gasteiger partial charge on any atom is 0.0717 e. The molecule has 1 rings (SSSR count). The molecule has 0 amide bonds. The van der Waals surface area contributed by atoms with Crippen LogP contribution in [0.3, 0.4) is 0 Å². The summed E-state index contributed by atoms with van der Waals surface area (Å²) in [6, 6.07) is 10.6. The van der Waals surface area contributed by atoms with Gasteiger partial charge in [-0.05, 0) is 25.3 Å². The fraction of sp³-hybridized carbons (Fsp3) is 0.571. The number of hydrogen-bond acceptors (Lipinski definition) is 3. The summed E-state index contributed by atoms with van der Waals surface area (Å²) >= 11 is 0. The van der Waals surface area contributed by atoms with E-state index in [1.165, 1.54) is 5.56 Å². The summed E-state index contributed by atoms with van der Waals surface area (Å²) in [4.78, 5) is 0. The second-order valence-corrected chi connectivity index (χ2v) is 4.26. The number of rotatable bonds is 9. The molecule has 3 nitrogen and oxygen atoms in total. The number of aliphatic hydroxyl groups excluding tert-OH is 1. The van der Waals surface area contributed by atoms with Crippen LogP contribution in [0.5, 0.6) is 0 Å². The fourth-order valence-electron chi connectivity index (χ4n) is 1.64. The highest BCUT2D eigenvalue weighted by Gasteiger charge is 1.99. The van der Waals surface area contributed by atoms with Crippen LogP contribution in [0.15, 0.2) is 30.3 Å². The summed E-state index contributed by atoms with van der Waals surface area (Å²) in [6.07, 6.45) is 1.87. The molecule has 1 atom stereocenters. The van der Waals surface area contributed by atoms with Crippen molar-refractivity contribution in [3.05, 3.63) is 35.9 Å². The van der Waals surface area contributed by atoms with Gasteiger partial charge < -0.3 is 15.2 Å². The van der Waals surface area contributed by atoms with Crippen molar-refractivity contribution < 1.29 is 9.84 Å². The van der Waals surface area contributed by atoms with Crippen LogP contribution in [0.4, 0.5) is 0 Å². The quantitative estimate of drug-likeness (QED) is 0.645. The third-order valence-corrected chi connectivity index (χ3v) is 2.65. The van der Waals surface area contributed by atoms with E-state index in [1.54, 1.807) is 0 Å². The van der Waals surface area contributed by atoms with Crippen LogP contribution in [0.2, 0.25) is 0 Å². The first-order valence-corrected chi connectivity index (χ1v) is 6.29. The Kier molecular flexibility index (Phi) is 7.63. The Labute approximate surface area is 104 Å². The molecule has 0 fully saturated rings. The zero-order valence-corrected chi connectivity index (χ0v) is 10.6. The van der Waals surface area contributed by atoms with Gasteiger partial charge in [-0.2, -0.15) is 0 Å². The summed E-state index contributed by atoms with van der Waals surface area (Å²) in [7, 11) is 0. The van der Waals surface area contributed by atoms with Gasteiger partial charge in [0.15, 0.2) is 0 Å². The Balaban J connectivity index is 1.97. The minimum atomic E-state index is 0.274. The predicted octanol–water partition coefficient (Wildman–Crippen LogP) is 1.95. The van der Waals surface area contributed by atoms with Crippen molar-refractivity contribution in [1.29, 1.82) is 0 Å². The van der Waals surface area contributed by atoms with Gasteiger partial charge in [-0.1, -0.05) is 30.3 Å². The third kappa shape index (κ3) is 7.10. The molecule has 1 unspecified atom stereocenters. The maximum absolute atomic E-state index is 8.70. The number of aliphatic hydroxyl groups is 1. The molecule has 2 N–H and O–H groups in total. The number of hydrogen-bond donors (Lipinski definition) is 2. The summed E-state index contributed by atoms with van der Waals surface area (Å²) in [5.74, 6) is 0. The van der Waals surface area contributed by atoms with E-state index in [0.717, 1.165) is 26.0 Å². The van der Waals surface area contributed by atoms with E-state index in [1.807, 2.05) is 18.2 Å². The van der Waals surface area contributed by atoms with Crippen molar-refractivity contribution in [2.24, 2.45) is 0 Å². The number of nitrogens with one attached hydrogen (secondary N) is 1. The third-order valence-electron chi connectivity index (χ3n) is 2.65. The molecular weight excluding hydrogens is 214 g/mol. The van der Waals surface area contributed by atoms with Gasteiger partial charge in [-0.25, -0.2) is 0 Å². The van der Waals surface area contributed by atoms with E-state index >= 15 is 0 Å². The van der Waals surface area contributed by atoms with Crippen LogP contribution in [0.25, 0.3) is 0 Å². The molecule has 0 heterocycles. The van der Waals surface area contributed by atoms with Crippen molar-refractivity contribution in [1.82, 2.24) is 5.32 Å². The average molecular weight is 237 g/mol. The van der Waals surface area contributed by atoms with Crippen molar-refractivity contribution in [3.63, 3.8) is 0 Å². The SMILES string of the molecule is CC(CCCO)NCCOCc1ccccc1. The molecule has 0 aromatic heterocycles. The highest BCUT2D eigenvalue weighted by Crippen LogP contribution is 2.00.